The minimum Gasteiger partial charge on any atom is -0.478 e. The zero-order valence-electron chi connectivity index (χ0n) is 9.25. The number of carbonyl (C=O) groups excluding carboxylic acids is 1. The van der Waals surface area contributed by atoms with Crippen LogP contribution in [0.25, 0.3) is 0 Å². The van der Waals surface area contributed by atoms with E-state index in [0.717, 1.165) is 32.4 Å². The van der Waals surface area contributed by atoms with Gasteiger partial charge in [-0.2, -0.15) is 0 Å². The molecule has 0 atom stereocenters. The van der Waals surface area contributed by atoms with Crippen LogP contribution in [-0.4, -0.2) is 35.0 Å². The number of amides is 1. The van der Waals surface area contributed by atoms with Crippen molar-refractivity contribution < 1.29 is 14.7 Å². The summed E-state index contributed by atoms with van der Waals surface area (Å²) in [5.74, 6) is -1.15. The monoisotopic (exact) mass is 211 g/mol. The smallest absolute Gasteiger partial charge is 0.331 e. The predicted octanol–water partition coefficient (Wildman–Crippen LogP) is 1.42. The zero-order chi connectivity index (χ0) is 11.4. The molecule has 4 nitrogen and oxygen atoms in total. The Bertz CT molecular complexity index is 301. The summed E-state index contributed by atoms with van der Waals surface area (Å²) in [5, 5.41) is 8.77. The fraction of sp³-hybridized carbons (Fsp3) is 0.636. The van der Waals surface area contributed by atoms with Gasteiger partial charge in [-0.15, -0.1) is 0 Å². The molecule has 1 amide bonds. The SMILES string of the molecule is CC(C(=O)O)=C(C)C(=O)N1CCCCC1. The van der Waals surface area contributed by atoms with E-state index in [-0.39, 0.29) is 11.5 Å². The molecule has 1 fully saturated rings. The van der Waals surface area contributed by atoms with E-state index in [9.17, 15) is 9.59 Å². The van der Waals surface area contributed by atoms with Crippen molar-refractivity contribution in [1.82, 2.24) is 4.90 Å². The summed E-state index contributed by atoms with van der Waals surface area (Å²) in [6.07, 6.45) is 3.20. The van der Waals surface area contributed by atoms with Crippen molar-refractivity contribution in [3.63, 3.8) is 0 Å². The van der Waals surface area contributed by atoms with Gasteiger partial charge in [-0.25, -0.2) is 4.79 Å². The topological polar surface area (TPSA) is 57.6 Å². The highest BCUT2D eigenvalue weighted by Crippen LogP contribution is 2.14. The van der Waals surface area contributed by atoms with Crippen LogP contribution in [0, 0.1) is 0 Å². The fourth-order valence-electron chi connectivity index (χ4n) is 1.65. The molecule has 1 heterocycles. The minimum atomic E-state index is -1.02. The third-order valence-electron chi connectivity index (χ3n) is 2.85. The lowest BCUT2D eigenvalue weighted by Gasteiger charge is -2.27. The largest absolute Gasteiger partial charge is 0.478 e. The number of nitrogens with zero attached hydrogens (tertiary/aromatic N) is 1. The van der Waals surface area contributed by atoms with Crippen molar-refractivity contribution in [1.29, 1.82) is 0 Å². The lowest BCUT2D eigenvalue weighted by Crippen LogP contribution is -2.36. The van der Waals surface area contributed by atoms with Gasteiger partial charge in [-0.05, 0) is 33.1 Å². The van der Waals surface area contributed by atoms with Crippen LogP contribution >= 0.6 is 0 Å². The first-order valence-electron chi connectivity index (χ1n) is 5.24. The van der Waals surface area contributed by atoms with Crippen LogP contribution in [0.1, 0.15) is 33.1 Å². The third kappa shape index (κ3) is 2.81. The number of hydrogen-bond donors (Lipinski definition) is 1. The van der Waals surface area contributed by atoms with E-state index in [1.165, 1.54) is 6.92 Å². The molecular formula is C11H17NO3. The Balaban J connectivity index is 2.74. The van der Waals surface area contributed by atoms with Gasteiger partial charge in [-0.1, -0.05) is 0 Å². The second-order valence-corrected chi connectivity index (χ2v) is 3.91. The quantitative estimate of drug-likeness (QED) is 0.703. The first kappa shape index (κ1) is 11.8. The maximum atomic E-state index is 11.8. The Morgan fingerprint density at radius 2 is 1.53 bits per heavy atom. The van der Waals surface area contributed by atoms with Crippen LogP contribution in [0.4, 0.5) is 0 Å². The lowest BCUT2D eigenvalue weighted by molar-refractivity contribution is -0.134. The van der Waals surface area contributed by atoms with E-state index >= 15 is 0 Å². The molecule has 1 aliphatic rings. The first-order valence-corrected chi connectivity index (χ1v) is 5.24. The Morgan fingerprint density at radius 3 is 2.00 bits per heavy atom. The maximum absolute atomic E-state index is 11.8. The second kappa shape index (κ2) is 4.96. The molecule has 0 unspecified atom stereocenters. The van der Waals surface area contributed by atoms with E-state index in [0.29, 0.717) is 5.57 Å². The summed E-state index contributed by atoms with van der Waals surface area (Å²) >= 11 is 0. The van der Waals surface area contributed by atoms with Gasteiger partial charge in [-0.3, -0.25) is 4.79 Å². The number of aliphatic carboxylic acids is 1. The predicted molar refractivity (Wildman–Crippen MR) is 56.4 cm³/mol. The molecule has 1 rings (SSSR count). The Hall–Kier alpha value is -1.32. The van der Waals surface area contributed by atoms with Crippen molar-refractivity contribution in [3.05, 3.63) is 11.1 Å². The average Bonchev–Trinajstić information content (AvgIpc) is 2.27. The number of carboxylic acid groups (broad SMARTS) is 1. The average molecular weight is 211 g/mol. The fourth-order valence-corrected chi connectivity index (χ4v) is 1.65. The van der Waals surface area contributed by atoms with Crippen molar-refractivity contribution >= 4 is 11.9 Å². The summed E-state index contributed by atoms with van der Waals surface area (Å²) < 4.78 is 0. The summed E-state index contributed by atoms with van der Waals surface area (Å²) in [7, 11) is 0. The van der Waals surface area contributed by atoms with E-state index in [2.05, 4.69) is 0 Å². The lowest BCUT2D eigenvalue weighted by atomic mass is 10.1. The van der Waals surface area contributed by atoms with Gasteiger partial charge in [0.2, 0.25) is 5.91 Å². The van der Waals surface area contributed by atoms with Crippen molar-refractivity contribution in [2.45, 2.75) is 33.1 Å². The van der Waals surface area contributed by atoms with Gasteiger partial charge in [0.05, 0.1) is 0 Å². The number of carboxylic acids is 1. The van der Waals surface area contributed by atoms with Crippen molar-refractivity contribution in [2.75, 3.05) is 13.1 Å². The number of rotatable bonds is 2. The molecule has 0 saturated carbocycles. The molecule has 0 spiro atoms. The van der Waals surface area contributed by atoms with Crippen LogP contribution in [0.3, 0.4) is 0 Å². The Kier molecular flexibility index (Phi) is 3.88. The molecule has 4 heteroatoms. The molecule has 84 valence electrons. The molecule has 0 aromatic carbocycles. The molecule has 1 aliphatic heterocycles. The van der Waals surface area contributed by atoms with Crippen molar-refractivity contribution in [2.24, 2.45) is 0 Å². The summed E-state index contributed by atoms with van der Waals surface area (Å²) in [6, 6.07) is 0. The number of hydrogen-bond acceptors (Lipinski definition) is 2. The second-order valence-electron chi connectivity index (χ2n) is 3.91. The van der Waals surface area contributed by atoms with Gasteiger partial charge >= 0.3 is 5.97 Å². The molecule has 0 bridgehead atoms. The van der Waals surface area contributed by atoms with Crippen molar-refractivity contribution in [3.8, 4) is 0 Å². The minimum absolute atomic E-state index is 0.130. The van der Waals surface area contributed by atoms with Crippen LogP contribution < -0.4 is 0 Å². The molecule has 0 radical (unpaired) electrons. The van der Waals surface area contributed by atoms with Gasteiger partial charge in [0.25, 0.3) is 0 Å². The molecule has 0 aromatic rings. The van der Waals surface area contributed by atoms with Gasteiger partial charge in [0.1, 0.15) is 0 Å². The van der Waals surface area contributed by atoms with E-state index in [1.54, 1.807) is 11.8 Å². The van der Waals surface area contributed by atoms with E-state index in [4.69, 9.17) is 5.11 Å². The standard InChI is InChI=1S/C11H17NO3/c1-8(9(2)11(14)15)10(13)12-6-4-3-5-7-12/h3-7H2,1-2H3,(H,14,15). The van der Waals surface area contributed by atoms with Crippen LogP contribution in [0.5, 0.6) is 0 Å². The number of likely N-dealkylation sites (tertiary alicyclic amines) is 1. The van der Waals surface area contributed by atoms with Gasteiger partial charge in [0, 0.05) is 24.2 Å². The molecule has 0 aromatic heterocycles. The highest BCUT2D eigenvalue weighted by Gasteiger charge is 2.20. The normalized spacial score (nSPS) is 18.4. The highest BCUT2D eigenvalue weighted by atomic mass is 16.4. The van der Waals surface area contributed by atoms with E-state index < -0.39 is 5.97 Å². The molecule has 1 N–H and O–H groups in total. The molecule has 1 saturated heterocycles. The van der Waals surface area contributed by atoms with Crippen LogP contribution in [-0.2, 0) is 9.59 Å². The van der Waals surface area contributed by atoms with Gasteiger partial charge in [0.15, 0.2) is 0 Å². The van der Waals surface area contributed by atoms with Gasteiger partial charge < -0.3 is 10.0 Å². The Labute approximate surface area is 89.6 Å². The maximum Gasteiger partial charge on any atom is 0.331 e. The molecular weight excluding hydrogens is 194 g/mol. The third-order valence-corrected chi connectivity index (χ3v) is 2.85. The number of piperidine rings is 1. The van der Waals surface area contributed by atoms with Crippen LogP contribution in [0.2, 0.25) is 0 Å². The molecule has 0 aliphatic carbocycles. The Morgan fingerprint density at radius 1 is 1.00 bits per heavy atom. The summed E-state index contributed by atoms with van der Waals surface area (Å²) in [4.78, 5) is 24.3. The summed E-state index contributed by atoms with van der Waals surface area (Å²) in [5.41, 5.74) is 0.495. The first-order chi connectivity index (χ1) is 7.04. The highest BCUT2D eigenvalue weighted by molar-refractivity contribution is 6.01. The van der Waals surface area contributed by atoms with E-state index in [1.807, 2.05) is 0 Å². The summed E-state index contributed by atoms with van der Waals surface area (Å²) in [6.45, 7) is 4.56. The molecule has 15 heavy (non-hydrogen) atoms. The zero-order valence-corrected chi connectivity index (χ0v) is 9.25. The number of carbonyl (C=O) groups is 2. The van der Waals surface area contributed by atoms with Crippen LogP contribution in [0.15, 0.2) is 11.1 Å².